The van der Waals surface area contributed by atoms with E-state index in [0.29, 0.717) is 31.2 Å². The van der Waals surface area contributed by atoms with Gasteiger partial charge in [-0.05, 0) is 70.1 Å². The summed E-state index contributed by atoms with van der Waals surface area (Å²) < 4.78 is 5.84. The lowest BCUT2D eigenvalue weighted by Crippen LogP contribution is -2.65. The molecule has 214 valence electrons. The van der Waals surface area contributed by atoms with E-state index in [4.69, 9.17) is 16.3 Å². The van der Waals surface area contributed by atoms with E-state index in [0.717, 1.165) is 25.8 Å². The van der Waals surface area contributed by atoms with Crippen LogP contribution in [-0.2, 0) is 14.3 Å². The minimum Gasteiger partial charge on any atom is -0.388 e. The first kappa shape index (κ1) is 30.9. The molecule has 3 rings (SSSR count). The molecule has 0 spiro atoms. The largest absolute Gasteiger partial charge is 0.388 e. The normalized spacial score (nSPS) is 35.2. The second-order valence-electron chi connectivity index (χ2n) is 11.0. The Morgan fingerprint density at radius 2 is 1.76 bits per heavy atom. The van der Waals surface area contributed by atoms with Crippen LogP contribution in [0.25, 0.3) is 0 Å². The molecule has 9 nitrogen and oxygen atoms in total. The Morgan fingerprint density at radius 3 is 2.43 bits per heavy atom. The number of ether oxygens (including phenoxy) is 1. The monoisotopic (exact) mass is 563 g/mol. The number of halogens is 1. The number of carbonyl (C=O) groups is 2. The highest BCUT2D eigenvalue weighted by molar-refractivity contribution is 7.99. The highest BCUT2D eigenvalue weighted by Gasteiger charge is 2.48. The van der Waals surface area contributed by atoms with Crippen molar-refractivity contribution in [1.29, 1.82) is 0 Å². The third-order valence-electron chi connectivity index (χ3n) is 8.21. The van der Waals surface area contributed by atoms with Crippen LogP contribution in [0.2, 0.25) is 0 Å². The summed E-state index contributed by atoms with van der Waals surface area (Å²) in [4.78, 5) is 25.5. The minimum atomic E-state index is -1.40. The number of thioether (sulfide) groups is 1. The number of aliphatic hydroxyl groups excluding tert-OH is 3. The second kappa shape index (κ2) is 15.2. The average molecular weight is 564 g/mol. The van der Waals surface area contributed by atoms with Gasteiger partial charge in [0, 0.05) is 13.0 Å². The van der Waals surface area contributed by atoms with Gasteiger partial charge in [0.15, 0.2) is 0 Å². The lowest BCUT2D eigenvalue weighted by molar-refractivity contribution is -0.205. The maximum absolute atomic E-state index is 13.2. The van der Waals surface area contributed by atoms with Crippen LogP contribution < -0.4 is 16.0 Å². The van der Waals surface area contributed by atoms with E-state index in [2.05, 4.69) is 16.0 Å². The Morgan fingerprint density at radius 1 is 1.03 bits per heavy atom. The summed E-state index contributed by atoms with van der Waals surface area (Å²) in [5, 5.41) is 39.8. The van der Waals surface area contributed by atoms with Gasteiger partial charge >= 0.3 is 0 Å². The molecule has 2 heterocycles. The maximum atomic E-state index is 13.2. The molecule has 6 N–H and O–H groups in total. The van der Waals surface area contributed by atoms with Crippen molar-refractivity contribution in [2.24, 2.45) is 11.8 Å². The average Bonchev–Trinajstić information content (AvgIpc) is 3.15. The molecule has 1 saturated carbocycles. The predicted octanol–water partition coefficient (Wildman–Crippen LogP) is 1.50. The summed E-state index contributed by atoms with van der Waals surface area (Å²) in [5.41, 5.74) is -0.741. The van der Waals surface area contributed by atoms with Gasteiger partial charge in [-0.25, -0.2) is 0 Å². The summed E-state index contributed by atoms with van der Waals surface area (Å²) in [6.07, 6.45) is 6.73. The molecular formula is C26H46ClN3O6S. The van der Waals surface area contributed by atoms with Crippen LogP contribution >= 0.6 is 23.4 Å². The molecule has 2 aliphatic heterocycles. The molecule has 0 bridgehead atoms. The fraction of sp³-hybridized carbons (Fsp3) is 0.923. The molecule has 9 atom stereocenters. The van der Waals surface area contributed by atoms with Gasteiger partial charge in [0.05, 0.1) is 17.5 Å². The number of alkyl halides is 1. The Labute approximate surface area is 230 Å². The number of rotatable bonds is 10. The summed E-state index contributed by atoms with van der Waals surface area (Å²) in [7, 11) is 0. The Bertz CT molecular complexity index is 726. The van der Waals surface area contributed by atoms with Gasteiger partial charge in [0.1, 0.15) is 29.9 Å². The smallest absolute Gasteiger partial charge is 0.237 e. The first-order valence-electron chi connectivity index (χ1n) is 13.9. The Hall–Kier alpha value is -0.620. The lowest BCUT2D eigenvalue weighted by atomic mass is 9.89. The van der Waals surface area contributed by atoms with Crippen LogP contribution in [0.15, 0.2) is 0 Å². The molecule has 2 saturated heterocycles. The lowest BCUT2D eigenvalue weighted by Gasteiger charge is -2.44. The topological polar surface area (TPSA) is 140 Å². The highest BCUT2D eigenvalue weighted by Crippen LogP contribution is 2.30. The summed E-state index contributed by atoms with van der Waals surface area (Å²) in [6.45, 7) is 3.17. The number of nitrogens with one attached hydrogen (secondary N) is 3. The van der Waals surface area contributed by atoms with Crippen molar-refractivity contribution in [3.8, 4) is 0 Å². The van der Waals surface area contributed by atoms with Crippen molar-refractivity contribution in [3.05, 3.63) is 0 Å². The predicted molar refractivity (Wildman–Crippen MR) is 145 cm³/mol. The highest BCUT2D eigenvalue weighted by atomic mass is 35.5. The Kier molecular flexibility index (Phi) is 12.7. The molecule has 0 aromatic rings. The van der Waals surface area contributed by atoms with E-state index in [1.165, 1.54) is 43.9 Å². The van der Waals surface area contributed by atoms with E-state index in [9.17, 15) is 24.9 Å². The minimum absolute atomic E-state index is 0.123. The van der Waals surface area contributed by atoms with Crippen LogP contribution in [-0.4, -0.2) is 93.8 Å². The SMILES string of the molecule is CSC1O[C@H](C(NC(=O)[C@@H]2CC[C@H](CCC(=O)NCC3CCCCC3)CCN2)[C@H](C)Cl)C(O)C(O)[C@H]1O. The van der Waals surface area contributed by atoms with E-state index in [1.807, 2.05) is 0 Å². The van der Waals surface area contributed by atoms with Gasteiger partial charge in [0.25, 0.3) is 0 Å². The quantitative estimate of drug-likeness (QED) is 0.220. The molecule has 3 fully saturated rings. The van der Waals surface area contributed by atoms with Crippen LogP contribution in [0.1, 0.15) is 71.1 Å². The van der Waals surface area contributed by atoms with Crippen LogP contribution in [0.3, 0.4) is 0 Å². The molecule has 0 aromatic heterocycles. The Balaban J connectivity index is 1.46. The molecule has 37 heavy (non-hydrogen) atoms. The number of amides is 2. The first-order chi connectivity index (χ1) is 17.7. The standard InChI is InChI=1S/C26H46ClN3O6S/c1-15(27)20(24-22(33)21(32)23(34)26(36-24)37-2)30-25(35)18-10-8-16(12-13-28-18)9-11-19(31)29-14-17-6-4-3-5-7-17/h15-18,20-24,26,28,32-34H,3-14H2,1-2H3,(H,29,31)(H,30,35)/t15-,16+,18-,20?,21?,22?,23+,24+,26?/m0/s1. The first-order valence-corrected chi connectivity index (χ1v) is 15.6. The molecule has 2 amide bonds. The van der Waals surface area contributed by atoms with Gasteiger partial charge in [0.2, 0.25) is 11.8 Å². The third-order valence-corrected chi connectivity index (χ3v) is 9.34. The number of hydrogen-bond acceptors (Lipinski definition) is 8. The fourth-order valence-electron chi connectivity index (χ4n) is 5.78. The van der Waals surface area contributed by atoms with E-state index in [-0.39, 0.29) is 11.8 Å². The summed E-state index contributed by atoms with van der Waals surface area (Å²) >= 11 is 7.61. The van der Waals surface area contributed by atoms with Gasteiger partial charge in [-0.2, -0.15) is 0 Å². The van der Waals surface area contributed by atoms with Gasteiger partial charge < -0.3 is 36.0 Å². The van der Waals surface area contributed by atoms with Crippen molar-refractivity contribution in [3.63, 3.8) is 0 Å². The molecule has 1 aliphatic carbocycles. The zero-order valence-corrected chi connectivity index (χ0v) is 23.7. The zero-order chi connectivity index (χ0) is 26.9. The van der Waals surface area contributed by atoms with Crippen molar-refractivity contribution in [2.45, 2.75) is 118 Å². The van der Waals surface area contributed by atoms with E-state index < -0.39 is 47.3 Å². The summed E-state index contributed by atoms with van der Waals surface area (Å²) in [5.74, 6) is 0.882. The summed E-state index contributed by atoms with van der Waals surface area (Å²) in [6, 6.07) is -1.18. The van der Waals surface area contributed by atoms with Crippen molar-refractivity contribution < 1.29 is 29.6 Å². The zero-order valence-electron chi connectivity index (χ0n) is 22.1. The number of carbonyl (C=O) groups excluding carboxylic acids is 2. The molecule has 3 aliphatic rings. The number of hydrogen-bond donors (Lipinski definition) is 6. The second-order valence-corrected chi connectivity index (χ2v) is 12.6. The van der Waals surface area contributed by atoms with Crippen molar-refractivity contribution >= 4 is 35.2 Å². The van der Waals surface area contributed by atoms with Crippen LogP contribution in [0, 0.1) is 11.8 Å². The van der Waals surface area contributed by atoms with Gasteiger partial charge in [-0.15, -0.1) is 23.4 Å². The molecule has 11 heteroatoms. The third kappa shape index (κ3) is 8.95. The molecule has 0 aromatic carbocycles. The van der Waals surface area contributed by atoms with E-state index >= 15 is 0 Å². The van der Waals surface area contributed by atoms with Crippen LogP contribution in [0.4, 0.5) is 0 Å². The van der Waals surface area contributed by atoms with Gasteiger partial charge in [-0.1, -0.05) is 19.3 Å². The molecular weight excluding hydrogens is 518 g/mol. The van der Waals surface area contributed by atoms with Crippen molar-refractivity contribution in [1.82, 2.24) is 16.0 Å². The molecule has 0 radical (unpaired) electrons. The van der Waals surface area contributed by atoms with Gasteiger partial charge in [-0.3, -0.25) is 9.59 Å². The van der Waals surface area contributed by atoms with E-state index in [1.54, 1.807) is 13.2 Å². The number of aliphatic hydroxyl groups is 3. The fourth-order valence-corrected chi connectivity index (χ4v) is 6.67. The van der Waals surface area contributed by atoms with Crippen LogP contribution in [0.5, 0.6) is 0 Å². The molecule has 4 unspecified atom stereocenters. The van der Waals surface area contributed by atoms with Crippen molar-refractivity contribution in [2.75, 3.05) is 19.3 Å². The maximum Gasteiger partial charge on any atom is 0.237 e.